The van der Waals surface area contributed by atoms with Gasteiger partial charge in [0.15, 0.2) is 5.96 Å². The molecule has 0 unspecified atom stereocenters. The fourth-order valence-electron chi connectivity index (χ4n) is 3.09. The van der Waals surface area contributed by atoms with Crippen LogP contribution in [0.3, 0.4) is 0 Å². The number of rotatable bonds is 7. The van der Waals surface area contributed by atoms with Crippen molar-refractivity contribution in [2.24, 2.45) is 10.4 Å². The molecule has 1 amide bonds. The second-order valence-corrected chi connectivity index (χ2v) is 6.78. The molecule has 1 fully saturated rings. The number of carbonyl (C=O) groups is 1. The summed E-state index contributed by atoms with van der Waals surface area (Å²) < 4.78 is 0. The van der Waals surface area contributed by atoms with Gasteiger partial charge in [-0.25, -0.2) is 4.99 Å². The molecule has 1 rings (SSSR count). The van der Waals surface area contributed by atoms with Gasteiger partial charge in [0.2, 0.25) is 5.91 Å². The van der Waals surface area contributed by atoms with Gasteiger partial charge in [-0.3, -0.25) is 4.79 Å². The largest absolute Gasteiger partial charge is 0.357 e. The Kier molecular flexibility index (Phi) is 10.8. The van der Waals surface area contributed by atoms with Crippen molar-refractivity contribution < 1.29 is 4.79 Å². The second kappa shape index (κ2) is 11.1. The first kappa shape index (κ1) is 22.4. The summed E-state index contributed by atoms with van der Waals surface area (Å²) in [4.78, 5) is 19.9. The van der Waals surface area contributed by atoms with Crippen LogP contribution in [0.1, 0.15) is 32.6 Å². The van der Waals surface area contributed by atoms with Crippen molar-refractivity contribution in [2.75, 3.05) is 54.4 Å². The molecule has 1 aliphatic rings. The fourth-order valence-corrected chi connectivity index (χ4v) is 3.09. The number of hydrogen-bond donors (Lipinski definition) is 2. The van der Waals surface area contributed by atoms with Gasteiger partial charge < -0.3 is 20.4 Å². The van der Waals surface area contributed by atoms with E-state index >= 15 is 0 Å². The van der Waals surface area contributed by atoms with Gasteiger partial charge in [-0.05, 0) is 33.9 Å². The van der Waals surface area contributed by atoms with E-state index in [9.17, 15) is 4.79 Å². The molecule has 0 spiro atoms. The topological polar surface area (TPSA) is 60.0 Å². The van der Waals surface area contributed by atoms with Crippen molar-refractivity contribution in [1.82, 2.24) is 20.4 Å². The summed E-state index contributed by atoms with van der Waals surface area (Å²) in [7, 11) is 7.77. The van der Waals surface area contributed by atoms with Crippen LogP contribution in [-0.2, 0) is 4.79 Å². The van der Waals surface area contributed by atoms with Crippen molar-refractivity contribution >= 4 is 35.8 Å². The molecule has 0 aromatic rings. The van der Waals surface area contributed by atoms with Crippen molar-refractivity contribution in [3.63, 3.8) is 0 Å². The molecule has 136 valence electrons. The molecule has 0 aliphatic heterocycles. The van der Waals surface area contributed by atoms with Gasteiger partial charge in [-0.1, -0.05) is 12.8 Å². The summed E-state index contributed by atoms with van der Waals surface area (Å²) in [6.45, 7) is 5.02. The van der Waals surface area contributed by atoms with Gasteiger partial charge in [-0.15, -0.1) is 24.0 Å². The van der Waals surface area contributed by atoms with Crippen molar-refractivity contribution in [2.45, 2.75) is 32.6 Å². The van der Waals surface area contributed by atoms with E-state index in [1.165, 1.54) is 25.7 Å². The standard InChI is InChI=1S/C16H33N5O.HI/c1-6-17-15(18-11-14(22)21(4)5)19-12-16(13-20(2)3)9-7-8-10-16;/h6-13H2,1-5H3,(H2,17,18,19);1H. The summed E-state index contributed by atoms with van der Waals surface area (Å²) >= 11 is 0. The lowest BCUT2D eigenvalue weighted by Crippen LogP contribution is -2.46. The number of aliphatic imine (C=N–C) groups is 1. The van der Waals surface area contributed by atoms with Crippen LogP contribution in [0.4, 0.5) is 0 Å². The number of halogens is 1. The Morgan fingerprint density at radius 2 is 1.74 bits per heavy atom. The molecule has 7 heteroatoms. The first-order valence-corrected chi connectivity index (χ1v) is 8.25. The molecule has 0 aromatic heterocycles. The van der Waals surface area contributed by atoms with E-state index in [-0.39, 0.29) is 36.4 Å². The maximum absolute atomic E-state index is 11.7. The molecule has 1 saturated carbocycles. The van der Waals surface area contributed by atoms with Crippen LogP contribution < -0.4 is 10.6 Å². The molecule has 0 aromatic carbocycles. The minimum absolute atomic E-state index is 0. The third-order valence-corrected chi connectivity index (χ3v) is 4.16. The van der Waals surface area contributed by atoms with E-state index in [0.29, 0.717) is 5.41 Å². The molecule has 0 saturated heterocycles. The maximum atomic E-state index is 11.7. The van der Waals surface area contributed by atoms with Crippen LogP contribution >= 0.6 is 24.0 Å². The summed E-state index contributed by atoms with van der Waals surface area (Å²) in [5.41, 5.74) is 0.325. The molecule has 0 radical (unpaired) electrons. The summed E-state index contributed by atoms with van der Waals surface area (Å²) in [6.07, 6.45) is 5.13. The van der Waals surface area contributed by atoms with E-state index in [2.05, 4.69) is 34.6 Å². The van der Waals surface area contributed by atoms with Crippen molar-refractivity contribution in [1.29, 1.82) is 0 Å². The summed E-state index contributed by atoms with van der Waals surface area (Å²) in [6, 6.07) is 0. The normalized spacial score (nSPS) is 16.9. The quantitative estimate of drug-likeness (QED) is 0.358. The zero-order valence-corrected chi connectivity index (χ0v) is 17.6. The SMILES string of the molecule is CCNC(=NCC(=O)N(C)C)NCC1(CN(C)C)CCCC1.I. The number of hydrogen-bond acceptors (Lipinski definition) is 3. The Labute approximate surface area is 158 Å². The Morgan fingerprint density at radius 1 is 1.13 bits per heavy atom. The molecule has 23 heavy (non-hydrogen) atoms. The second-order valence-electron chi connectivity index (χ2n) is 6.78. The monoisotopic (exact) mass is 439 g/mol. The lowest BCUT2D eigenvalue weighted by Gasteiger charge is -2.33. The molecule has 6 nitrogen and oxygen atoms in total. The van der Waals surface area contributed by atoms with E-state index in [1.54, 1.807) is 19.0 Å². The van der Waals surface area contributed by atoms with E-state index in [4.69, 9.17) is 0 Å². The first-order valence-electron chi connectivity index (χ1n) is 8.25. The maximum Gasteiger partial charge on any atom is 0.243 e. The highest BCUT2D eigenvalue weighted by atomic mass is 127. The van der Waals surface area contributed by atoms with Gasteiger partial charge in [0.05, 0.1) is 0 Å². The Bertz CT molecular complexity index is 379. The van der Waals surface area contributed by atoms with Crippen LogP contribution in [-0.4, -0.2) is 76.0 Å². The summed E-state index contributed by atoms with van der Waals surface area (Å²) in [5, 5.41) is 6.67. The predicted octanol–water partition coefficient (Wildman–Crippen LogP) is 1.37. The highest BCUT2D eigenvalue weighted by Crippen LogP contribution is 2.37. The van der Waals surface area contributed by atoms with E-state index in [1.807, 2.05) is 6.92 Å². The Morgan fingerprint density at radius 3 is 2.22 bits per heavy atom. The van der Waals surface area contributed by atoms with Gasteiger partial charge in [-0.2, -0.15) is 0 Å². The molecule has 0 heterocycles. The average Bonchev–Trinajstić information content (AvgIpc) is 2.89. The zero-order valence-electron chi connectivity index (χ0n) is 15.3. The molecule has 2 N–H and O–H groups in total. The highest BCUT2D eigenvalue weighted by Gasteiger charge is 2.34. The van der Waals surface area contributed by atoms with Crippen molar-refractivity contribution in [3.05, 3.63) is 0 Å². The average molecular weight is 439 g/mol. The number of nitrogens with zero attached hydrogens (tertiary/aromatic N) is 3. The molecular weight excluding hydrogens is 405 g/mol. The number of guanidine groups is 1. The van der Waals surface area contributed by atoms with E-state index in [0.717, 1.165) is 25.6 Å². The lowest BCUT2D eigenvalue weighted by atomic mass is 9.85. The predicted molar refractivity (Wildman–Crippen MR) is 108 cm³/mol. The minimum Gasteiger partial charge on any atom is -0.357 e. The highest BCUT2D eigenvalue weighted by molar-refractivity contribution is 14.0. The number of nitrogens with one attached hydrogen (secondary N) is 2. The van der Waals surface area contributed by atoms with Crippen LogP contribution in [0.5, 0.6) is 0 Å². The van der Waals surface area contributed by atoms with Gasteiger partial charge in [0, 0.05) is 39.1 Å². The lowest BCUT2D eigenvalue weighted by molar-refractivity contribution is -0.127. The van der Waals surface area contributed by atoms with Crippen LogP contribution in [0, 0.1) is 5.41 Å². The minimum atomic E-state index is 0. The van der Waals surface area contributed by atoms with Crippen LogP contribution in [0.25, 0.3) is 0 Å². The molecule has 0 atom stereocenters. The van der Waals surface area contributed by atoms with Gasteiger partial charge >= 0.3 is 0 Å². The summed E-state index contributed by atoms with van der Waals surface area (Å²) in [5.74, 6) is 0.754. The van der Waals surface area contributed by atoms with E-state index < -0.39 is 0 Å². The van der Waals surface area contributed by atoms with Crippen LogP contribution in [0.2, 0.25) is 0 Å². The van der Waals surface area contributed by atoms with Gasteiger partial charge in [0.1, 0.15) is 6.54 Å². The third kappa shape index (κ3) is 8.19. The molecule has 0 bridgehead atoms. The number of likely N-dealkylation sites (N-methyl/N-ethyl adjacent to an activating group) is 1. The Balaban J connectivity index is 0.00000484. The molecule has 1 aliphatic carbocycles. The van der Waals surface area contributed by atoms with Gasteiger partial charge in [0.25, 0.3) is 0 Å². The molecular formula is C16H34IN5O. The van der Waals surface area contributed by atoms with Crippen LogP contribution in [0.15, 0.2) is 4.99 Å². The third-order valence-electron chi connectivity index (χ3n) is 4.16. The number of carbonyl (C=O) groups excluding carboxylic acids is 1. The zero-order chi connectivity index (χ0) is 16.6. The first-order chi connectivity index (χ1) is 10.4. The smallest absolute Gasteiger partial charge is 0.243 e. The number of amides is 1. The Hall–Kier alpha value is -0.570. The fraction of sp³-hybridized carbons (Fsp3) is 0.875. The van der Waals surface area contributed by atoms with Crippen molar-refractivity contribution in [3.8, 4) is 0 Å².